The summed E-state index contributed by atoms with van der Waals surface area (Å²) >= 11 is 0. The Balaban J connectivity index is 0.00000121. The molecule has 122 valence electrons. The number of benzene rings is 1. The smallest absolute Gasteiger partial charge is 0.227 e. The molecule has 1 saturated carbocycles. The minimum atomic E-state index is 0. The molecule has 1 fully saturated rings. The van der Waals surface area contributed by atoms with Crippen molar-refractivity contribution in [1.29, 1.82) is 0 Å². The zero-order valence-electron chi connectivity index (χ0n) is 12.4. The SMILES string of the molecule is Cc1nc2cc(NC(=O)[C@@H]3CCC[C@@H]3CN)ccc2o1.Cl.Cl. The van der Waals surface area contributed by atoms with E-state index < -0.39 is 0 Å². The number of anilines is 1. The second-order valence-corrected chi connectivity index (χ2v) is 5.44. The maximum Gasteiger partial charge on any atom is 0.227 e. The minimum Gasteiger partial charge on any atom is -0.441 e. The quantitative estimate of drug-likeness (QED) is 0.894. The normalized spacial score (nSPS) is 20.3. The molecule has 2 atom stereocenters. The fourth-order valence-electron chi connectivity index (χ4n) is 3.02. The number of amides is 1. The van der Waals surface area contributed by atoms with Crippen LogP contribution in [0, 0.1) is 18.8 Å². The number of halogens is 2. The monoisotopic (exact) mass is 345 g/mol. The van der Waals surface area contributed by atoms with Gasteiger partial charge in [-0.3, -0.25) is 4.79 Å². The number of hydrogen-bond acceptors (Lipinski definition) is 4. The van der Waals surface area contributed by atoms with Crippen LogP contribution in [0.15, 0.2) is 22.6 Å². The van der Waals surface area contributed by atoms with Gasteiger partial charge in [0.15, 0.2) is 11.5 Å². The molecule has 0 radical (unpaired) electrons. The summed E-state index contributed by atoms with van der Waals surface area (Å²) in [5.74, 6) is 1.04. The molecule has 3 N–H and O–H groups in total. The summed E-state index contributed by atoms with van der Waals surface area (Å²) in [5.41, 5.74) is 8.00. The number of hydrogen-bond donors (Lipinski definition) is 2. The first-order valence-electron chi connectivity index (χ1n) is 7.05. The molecule has 0 unspecified atom stereocenters. The first-order valence-corrected chi connectivity index (χ1v) is 7.05. The van der Waals surface area contributed by atoms with Crippen LogP contribution in [0.25, 0.3) is 11.1 Å². The van der Waals surface area contributed by atoms with Gasteiger partial charge in [-0.25, -0.2) is 4.98 Å². The molecule has 1 aromatic carbocycles. The molecule has 1 aromatic heterocycles. The third kappa shape index (κ3) is 3.72. The fraction of sp³-hybridized carbons (Fsp3) is 0.467. The van der Waals surface area contributed by atoms with Crippen molar-refractivity contribution in [1.82, 2.24) is 4.98 Å². The van der Waals surface area contributed by atoms with Gasteiger partial charge in [0.05, 0.1) is 0 Å². The highest BCUT2D eigenvalue weighted by atomic mass is 35.5. The molecule has 1 heterocycles. The molecule has 1 aliphatic rings. The number of carbonyl (C=O) groups excluding carboxylic acids is 1. The van der Waals surface area contributed by atoms with E-state index in [4.69, 9.17) is 10.2 Å². The third-order valence-electron chi connectivity index (χ3n) is 4.06. The molecule has 0 bridgehead atoms. The predicted molar refractivity (Wildman–Crippen MR) is 91.8 cm³/mol. The van der Waals surface area contributed by atoms with Gasteiger partial charge >= 0.3 is 0 Å². The van der Waals surface area contributed by atoms with E-state index in [2.05, 4.69) is 10.3 Å². The lowest BCUT2D eigenvalue weighted by Gasteiger charge is -2.17. The number of nitrogens with two attached hydrogens (primary N) is 1. The average molecular weight is 346 g/mol. The van der Waals surface area contributed by atoms with E-state index in [1.54, 1.807) is 0 Å². The second kappa shape index (κ2) is 7.81. The van der Waals surface area contributed by atoms with Crippen LogP contribution in [0.5, 0.6) is 0 Å². The predicted octanol–water partition coefficient (Wildman–Crippen LogP) is 3.29. The van der Waals surface area contributed by atoms with Crippen LogP contribution in [0.4, 0.5) is 5.69 Å². The van der Waals surface area contributed by atoms with Crippen molar-refractivity contribution in [3.05, 3.63) is 24.1 Å². The van der Waals surface area contributed by atoms with Gasteiger partial charge in [0, 0.05) is 18.5 Å². The third-order valence-corrected chi connectivity index (χ3v) is 4.06. The first-order chi connectivity index (χ1) is 9.67. The molecule has 7 heteroatoms. The van der Waals surface area contributed by atoms with Crippen LogP contribution < -0.4 is 11.1 Å². The number of aryl methyl sites for hydroxylation is 1. The zero-order chi connectivity index (χ0) is 14.1. The number of rotatable bonds is 3. The molecule has 0 aliphatic heterocycles. The number of carbonyl (C=O) groups is 1. The molecular weight excluding hydrogens is 325 g/mol. The largest absolute Gasteiger partial charge is 0.441 e. The van der Waals surface area contributed by atoms with Gasteiger partial charge in [-0.1, -0.05) is 6.42 Å². The van der Waals surface area contributed by atoms with Gasteiger partial charge < -0.3 is 15.5 Å². The Morgan fingerprint density at radius 3 is 2.91 bits per heavy atom. The van der Waals surface area contributed by atoms with E-state index in [1.165, 1.54) is 0 Å². The molecule has 22 heavy (non-hydrogen) atoms. The molecule has 0 saturated heterocycles. The maximum absolute atomic E-state index is 12.3. The van der Waals surface area contributed by atoms with E-state index in [-0.39, 0.29) is 36.6 Å². The molecular formula is C15H21Cl2N3O2. The molecule has 3 rings (SSSR count). The lowest BCUT2D eigenvalue weighted by atomic mass is 9.95. The summed E-state index contributed by atoms with van der Waals surface area (Å²) in [4.78, 5) is 16.6. The highest BCUT2D eigenvalue weighted by Crippen LogP contribution is 2.32. The highest BCUT2D eigenvalue weighted by molar-refractivity contribution is 5.94. The number of aromatic nitrogens is 1. The van der Waals surface area contributed by atoms with E-state index in [0.717, 1.165) is 36.0 Å². The van der Waals surface area contributed by atoms with Crippen LogP contribution >= 0.6 is 24.8 Å². The van der Waals surface area contributed by atoms with Crippen molar-refractivity contribution in [2.45, 2.75) is 26.2 Å². The van der Waals surface area contributed by atoms with E-state index in [9.17, 15) is 4.79 Å². The van der Waals surface area contributed by atoms with Crippen molar-refractivity contribution in [2.24, 2.45) is 17.6 Å². The first kappa shape index (κ1) is 18.7. The minimum absolute atomic E-state index is 0. The summed E-state index contributed by atoms with van der Waals surface area (Å²) in [5, 5.41) is 2.97. The van der Waals surface area contributed by atoms with Gasteiger partial charge in [0.2, 0.25) is 5.91 Å². The summed E-state index contributed by atoms with van der Waals surface area (Å²) in [6.45, 7) is 2.39. The van der Waals surface area contributed by atoms with Crippen molar-refractivity contribution in [3.8, 4) is 0 Å². The van der Waals surface area contributed by atoms with Gasteiger partial charge in [-0.2, -0.15) is 0 Å². The molecule has 5 nitrogen and oxygen atoms in total. The lowest BCUT2D eigenvalue weighted by Crippen LogP contribution is -2.29. The Morgan fingerprint density at radius 1 is 1.41 bits per heavy atom. The van der Waals surface area contributed by atoms with Crippen LogP contribution in [0.1, 0.15) is 25.2 Å². The van der Waals surface area contributed by atoms with Crippen LogP contribution in [-0.4, -0.2) is 17.4 Å². The molecule has 1 aliphatic carbocycles. The Morgan fingerprint density at radius 2 is 2.18 bits per heavy atom. The van der Waals surface area contributed by atoms with Crippen molar-refractivity contribution >= 4 is 47.5 Å². The highest BCUT2D eigenvalue weighted by Gasteiger charge is 2.31. The Kier molecular flexibility index (Phi) is 6.66. The van der Waals surface area contributed by atoms with Crippen molar-refractivity contribution < 1.29 is 9.21 Å². The molecule has 1 amide bonds. The number of fused-ring (bicyclic) bond motifs is 1. The second-order valence-electron chi connectivity index (χ2n) is 5.44. The van der Waals surface area contributed by atoms with Gasteiger partial charge in [-0.15, -0.1) is 24.8 Å². The zero-order valence-corrected chi connectivity index (χ0v) is 14.0. The topological polar surface area (TPSA) is 81.2 Å². The van der Waals surface area contributed by atoms with Crippen LogP contribution in [0.2, 0.25) is 0 Å². The lowest BCUT2D eigenvalue weighted by molar-refractivity contribution is -0.120. The summed E-state index contributed by atoms with van der Waals surface area (Å²) in [6.07, 6.45) is 3.07. The van der Waals surface area contributed by atoms with Crippen molar-refractivity contribution in [2.75, 3.05) is 11.9 Å². The Bertz CT molecular complexity index is 645. The number of nitrogens with one attached hydrogen (secondary N) is 1. The number of oxazole rings is 1. The van der Waals surface area contributed by atoms with Crippen LogP contribution in [-0.2, 0) is 4.79 Å². The fourth-order valence-corrected chi connectivity index (χ4v) is 3.02. The van der Waals surface area contributed by atoms with Gasteiger partial charge in [0.1, 0.15) is 5.52 Å². The van der Waals surface area contributed by atoms with Crippen molar-refractivity contribution in [3.63, 3.8) is 0 Å². The summed E-state index contributed by atoms with van der Waals surface area (Å²) in [7, 11) is 0. The number of nitrogens with zero attached hydrogens (tertiary/aromatic N) is 1. The molecule has 0 spiro atoms. The summed E-state index contributed by atoms with van der Waals surface area (Å²) in [6, 6.07) is 5.52. The van der Waals surface area contributed by atoms with Gasteiger partial charge in [-0.05, 0) is 43.5 Å². The maximum atomic E-state index is 12.3. The Labute approximate surface area is 141 Å². The van der Waals surface area contributed by atoms with E-state index in [1.807, 2.05) is 25.1 Å². The molecule has 2 aromatic rings. The van der Waals surface area contributed by atoms with E-state index >= 15 is 0 Å². The summed E-state index contributed by atoms with van der Waals surface area (Å²) < 4.78 is 5.42. The Hall–Kier alpha value is -1.30. The standard InChI is InChI=1S/C15H19N3O2.2ClH/c1-9-17-13-7-11(5-6-14(13)20-9)18-15(19)12-4-2-3-10(12)8-16;;/h5-7,10,12H,2-4,8,16H2,1H3,(H,18,19);2*1H/t10-,12-;;/m1../s1. The average Bonchev–Trinajstić information content (AvgIpc) is 3.02. The van der Waals surface area contributed by atoms with Gasteiger partial charge in [0.25, 0.3) is 0 Å². The van der Waals surface area contributed by atoms with E-state index in [0.29, 0.717) is 18.4 Å². The van der Waals surface area contributed by atoms with Crippen LogP contribution in [0.3, 0.4) is 0 Å².